The van der Waals surface area contributed by atoms with Crippen LogP contribution in [0, 0.1) is 33.5 Å². The van der Waals surface area contributed by atoms with E-state index in [4.69, 9.17) is 14.2 Å². The minimum atomic E-state index is -1.42. The van der Waals surface area contributed by atoms with E-state index in [0.717, 1.165) is 12.8 Å². The van der Waals surface area contributed by atoms with Crippen molar-refractivity contribution in [3.8, 4) is 0 Å². The summed E-state index contributed by atoms with van der Waals surface area (Å²) in [6, 6.07) is 0. The van der Waals surface area contributed by atoms with Crippen molar-refractivity contribution in [2.75, 3.05) is 6.61 Å². The van der Waals surface area contributed by atoms with Gasteiger partial charge in [-0.15, -0.1) is 0 Å². The van der Waals surface area contributed by atoms with Crippen molar-refractivity contribution in [2.45, 2.75) is 103 Å². The first-order valence-corrected chi connectivity index (χ1v) is 12.2. The fraction of sp³-hybridized carbons (Fsp3) is 0.920. The summed E-state index contributed by atoms with van der Waals surface area (Å²) in [6.07, 6.45) is 5.91. The fourth-order valence-corrected chi connectivity index (χ4v) is 9.41. The summed E-state index contributed by atoms with van der Waals surface area (Å²) in [7, 11) is 0. The van der Waals surface area contributed by atoms with Gasteiger partial charge in [0.2, 0.25) is 5.79 Å². The molecule has 6 heteroatoms. The lowest BCUT2D eigenvalue weighted by Crippen LogP contribution is -2.63. The van der Waals surface area contributed by atoms with Crippen molar-refractivity contribution in [2.24, 2.45) is 33.5 Å². The summed E-state index contributed by atoms with van der Waals surface area (Å²) >= 11 is 0. The molecule has 3 aliphatic heterocycles. The van der Waals surface area contributed by atoms with Crippen LogP contribution in [0.1, 0.15) is 86.0 Å². The second kappa shape index (κ2) is 5.39. The number of ether oxygens (including phenoxy) is 3. The molecule has 2 spiro atoms. The Kier molecular flexibility index (Phi) is 3.58. The molecule has 0 amide bonds. The predicted octanol–water partition coefficient (Wildman–Crippen LogP) is 3.74. The van der Waals surface area contributed by atoms with E-state index in [1.54, 1.807) is 6.92 Å². The summed E-state index contributed by atoms with van der Waals surface area (Å²) in [4.78, 5) is 24.9. The third kappa shape index (κ3) is 1.88. The van der Waals surface area contributed by atoms with E-state index >= 15 is 0 Å². The molecule has 31 heavy (non-hydrogen) atoms. The van der Waals surface area contributed by atoms with E-state index in [9.17, 15) is 14.7 Å². The van der Waals surface area contributed by atoms with Crippen molar-refractivity contribution in [1.29, 1.82) is 0 Å². The second-order valence-corrected chi connectivity index (χ2v) is 12.5. The SMILES string of the molecule is CC(=O)CCC[C@]1(C)C[C@@]23OC[C@]4(CC[C@]5(C(C)C)C[C@@H]54)[C@@]24C[C@@]1(O)O[C@@]4(C)C(=O)O3. The van der Waals surface area contributed by atoms with Crippen molar-refractivity contribution >= 4 is 11.8 Å². The van der Waals surface area contributed by atoms with E-state index in [-0.39, 0.29) is 17.2 Å². The number of Topliss-reactive ketones (excluding diaryl/α,β-unsaturated/α-hetero) is 1. The average molecular weight is 433 g/mol. The topological polar surface area (TPSA) is 82.1 Å². The van der Waals surface area contributed by atoms with Crippen LogP contribution in [-0.4, -0.2) is 40.6 Å². The van der Waals surface area contributed by atoms with E-state index in [1.165, 1.54) is 6.42 Å². The van der Waals surface area contributed by atoms with Crippen LogP contribution in [0.3, 0.4) is 0 Å². The van der Waals surface area contributed by atoms with Gasteiger partial charge < -0.3 is 24.1 Å². The van der Waals surface area contributed by atoms with Gasteiger partial charge in [-0.3, -0.25) is 0 Å². The maximum atomic E-state index is 13.3. The molecule has 3 saturated heterocycles. The molecular formula is C25H36O6. The van der Waals surface area contributed by atoms with E-state index < -0.39 is 28.0 Å². The van der Waals surface area contributed by atoms with Gasteiger partial charge in [0.05, 0.1) is 12.0 Å². The van der Waals surface area contributed by atoms with Crippen molar-refractivity contribution in [1.82, 2.24) is 0 Å². The van der Waals surface area contributed by atoms with Crippen LogP contribution < -0.4 is 0 Å². The van der Waals surface area contributed by atoms with Crippen molar-refractivity contribution < 1.29 is 28.9 Å². The maximum absolute atomic E-state index is 13.3. The summed E-state index contributed by atoms with van der Waals surface area (Å²) in [5.41, 5.74) is -2.37. The normalized spacial score (nSPS) is 58.0. The van der Waals surface area contributed by atoms with E-state index in [0.29, 0.717) is 56.0 Å². The molecule has 1 N–H and O–H groups in total. The molecule has 0 radical (unpaired) electrons. The van der Waals surface area contributed by atoms with Crippen LogP contribution >= 0.6 is 0 Å². The Morgan fingerprint density at radius 3 is 2.58 bits per heavy atom. The summed E-state index contributed by atoms with van der Waals surface area (Å²) < 4.78 is 19.3. The Morgan fingerprint density at radius 1 is 1.23 bits per heavy atom. The van der Waals surface area contributed by atoms with Gasteiger partial charge in [-0.05, 0) is 63.2 Å². The first-order valence-electron chi connectivity index (χ1n) is 12.2. The summed E-state index contributed by atoms with van der Waals surface area (Å²) in [5.74, 6) is -1.61. The monoisotopic (exact) mass is 432 g/mol. The molecule has 6 nitrogen and oxygen atoms in total. The number of esters is 1. The zero-order valence-corrected chi connectivity index (χ0v) is 19.5. The van der Waals surface area contributed by atoms with Crippen LogP contribution in [0.15, 0.2) is 0 Å². The Morgan fingerprint density at radius 2 is 1.97 bits per heavy atom. The van der Waals surface area contributed by atoms with Gasteiger partial charge in [-0.2, -0.15) is 0 Å². The molecular weight excluding hydrogens is 396 g/mol. The lowest BCUT2D eigenvalue weighted by molar-refractivity contribution is -0.324. The molecule has 172 valence electrons. The number of ketones is 1. The van der Waals surface area contributed by atoms with Crippen LogP contribution in [-0.2, 0) is 23.8 Å². The number of carbonyl (C=O) groups excluding carboxylic acids is 2. The molecule has 0 aromatic rings. The predicted molar refractivity (Wildman–Crippen MR) is 111 cm³/mol. The number of hydrogen-bond donors (Lipinski definition) is 1. The first-order chi connectivity index (χ1) is 14.4. The van der Waals surface area contributed by atoms with Gasteiger partial charge >= 0.3 is 5.97 Å². The molecule has 8 atom stereocenters. The largest absolute Gasteiger partial charge is 0.430 e. The van der Waals surface area contributed by atoms with Crippen LogP contribution in [0.25, 0.3) is 0 Å². The van der Waals surface area contributed by atoms with Gasteiger partial charge in [0.25, 0.3) is 0 Å². The van der Waals surface area contributed by atoms with Crippen LogP contribution in [0.5, 0.6) is 0 Å². The highest BCUT2D eigenvalue weighted by atomic mass is 16.8. The van der Waals surface area contributed by atoms with Gasteiger partial charge in [0.15, 0.2) is 11.4 Å². The molecule has 0 aromatic heterocycles. The number of aliphatic hydroxyl groups is 1. The molecule has 0 unspecified atom stereocenters. The minimum Gasteiger partial charge on any atom is -0.430 e. The zero-order valence-electron chi connectivity index (χ0n) is 19.5. The molecule has 6 aliphatic rings. The quantitative estimate of drug-likeness (QED) is 0.667. The molecule has 2 bridgehead atoms. The van der Waals surface area contributed by atoms with Gasteiger partial charge in [0, 0.05) is 30.1 Å². The molecule has 6 rings (SSSR count). The fourth-order valence-electron chi connectivity index (χ4n) is 9.41. The Balaban J connectivity index is 1.46. The Labute approximate surface area is 184 Å². The van der Waals surface area contributed by atoms with Crippen LogP contribution in [0.4, 0.5) is 0 Å². The van der Waals surface area contributed by atoms with Gasteiger partial charge in [-0.25, -0.2) is 4.79 Å². The van der Waals surface area contributed by atoms with Crippen molar-refractivity contribution in [3.05, 3.63) is 0 Å². The van der Waals surface area contributed by atoms with E-state index in [2.05, 4.69) is 13.8 Å². The zero-order chi connectivity index (χ0) is 22.3. The van der Waals surface area contributed by atoms with Crippen molar-refractivity contribution in [3.63, 3.8) is 0 Å². The molecule has 3 heterocycles. The second-order valence-electron chi connectivity index (χ2n) is 12.5. The number of carbonyl (C=O) groups is 2. The number of rotatable bonds is 5. The highest BCUT2D eigenvalue weighted by Crippen LogP contribution is 2.89. The molecule has 3 aliphatic carbocycles. The standard InChI is InChI=1S/C25H36O6/c1-15(2)21-9-10-22(17(21)11-21)14-29-25-12-19(4,8-6-7-16(3)26)24(28)13-23(22,25)20(5,31-24)18(27)30-25/h15,17,28H,6-14H2,1-5H3/t17-,19+,20-,21+,22-,23-,24+,25-/m0/s1. The summed E-state index contributed by atoms with van der Waals surface area (Å²) in [6.45, 7) is 10.7. The third-order valence-electron chi connectivity index (χ3n) is 11.2. The number of fused-ring (bicyclic) bond motifs is 3. The maximum Gasteiger partial charge on any atom is 0.341 e. The lowest BCUT2D eigenvalue weighted by atomic mass is 9.46. The Bertz CT molecular complexity index is 900. The smallest absolute Gasteiger partial charge is 0.341 e. The highest BCUT2D eigenvalue weighted by molar-refractivity contribution is 5.85. The Hall–Kier alpha value is -0.980. The third-order valence-corrected chi connectivity index (χ3v) is 11.2. The lowest BCUT2D eigenvalue weighted by Gasteiger charge is -2.54. The number of hydrogen-bond acceptors (Lipinski definition) is 6. The average Bonchev–Trinajstić information content (AvgIpc) is 3.08. The first kappa shape index (κ1) is 20.6. The van der Waals surface area contributed by atoms with E-state index in [1.807, 2.05) is 13.8 Å². The minimum absolute atomic E-state index is 0.145. The molecule has 3 saturated carbocycles. The van der Waals surface area contributed by atoms with Crippen LogP contribution in [0.2, 0.25) is 0 Å². The summed E-state index contributed by atoms with van der Waals surface area (Å²) in [5, 5.41) is 12.0. The molecule has 6 fully saturated rings. The highest BCUT2D eigenvalue weighted by Gasteiger charge is 2.96. The molecule has 0 aromatic carbocycles. The van der Waals surface area contributed by atoms with Gasteiger partial charge in [-0.1, -0.05) is 20.8 Å². The van der Waals surface area contributed by atoms with Gasteiger partial charge in [0.1, 0.15) is 5.78 Å².